The summed E-state index contributed by atoms with van der Waals surface area (Å²) in [5.74, 6) is -3.16. The average Bonchev–Trinajstić information content (AvgIpc) is 2.39. The first kappa shape index (κ1) is 13.8. The van der Waals surface area contributed by atoms with Crippen LogP contribution in [-0.2, 0) is 10.2 Å². The number of rotatable bonds is 3. The quantitative estimate of drug-likeness (QED) is 0.917. The maximum Gasteiger partial charge on any atom is 0.314 e. The lowest BCUT2D eigenvalue weighted by Gasteiger charge is -2.37. The van der Waals surface area contributed by atoms with Gasteiger partial charge in [0.1, 0.15) is 5.75 Å². The van der Waals surface area contributed by atoms with Crippen LogP contribution in [0.5, 0.6) is 5.75 Å². The Morgan fingerprint density at radius 1 is 1.16 bits per heavy atom. The van der Waals surface area contributed by atoms with Crippen LogP contribution in [0.1, 0.15) is 31.2 Å². The van der Waals surface area contributed by atoms with Crippen molar-refractivity contribution in [1.82, 2.24) is 0 Å². The van der Waals surface area contributed by atoms with Gasteiger partial charge >= 0.3 is 5.97 Å². The number of aliphatic carboxylic acids is 1. The molecule has 1 aliphatic carbocycles. The molecule has 0 spiro atoms. The molecule has 19 heavy (non-hydrogen) atoms. The predicted octanol–water partition coefficient (Wildman–Crippen LogP) is 3.23. The van der Waals surface area contributed by atoms with Crippen molar-refractivity contribution in [3.63, 3.8) is 0 Å². The van der Waals surface area contributed by atoms with E-state index in [1.54, 1.807) is 24.3 Å². The number of ether oxygens (including phenoxy) is 1. The first-order valence-electron chi connectivity index (χ1n) is 6.15. The highest BCUT2D eigenvalue weighted by molar-refractivity contribution is 5.81. The summed E-state index contributed by atoms with van der Waals surface area (Å²) < 4.78 is 31.5. The fourth-order valence-electron chi connectivity index (χ4n) is 2.58. The van der Waals surface area contributed by atoms with E-state index in [0.717, 1.165) is 0 Å². The average molecular weight is 270 g/mol. The fraction of sp³-hybridized carbons (Fsp3) is 0.500. The minimum atomic E-state index is -2.74. The van der Waals surface area contributed by atoms with E-state index in [0.29, 0.717) is 11.3 Å². The van der Waals surface area contributed by atoms with Crippen LogP contribution in [0.2, 0.25) is 0 Å². The lowest BCUT2D eigenvalue weighted by atomic mass is 9.68. The molecule has 104 valence electrons. The minimum absolute atomic E-state index is 0.0400. The van der Waals surface area contributed by atoms with E-state index < -0.39 is 17.3 Å². The van der Waals surface area contributed by atoms with Gasteiger partial charge < -0.3 is 9.84 Å². The lowest BCUT2D eigenvalue weighted by molar-refractivity contribution is -0.149. The van der Waals surface area contributed by atoms with Crippen LogP contribution < -0.4 is 4.74 Å². The van der Waals surface area contributed by atoms with Gasteiger partial charge in [0.05, 0.1) is 12.5 Å². The van der Waals surface area contributed by atoms with Crippen molar-refractivity contribution >= 4 is 5.97 Å². The van der Waals surface area contributed by atoms with Crippen LogP contribution >= 0.6 is 0 Å². The van der Waals surface area contributed by atoms with Crippen LogP contribution in [0.25, 0.3) is 0 Å². The zero-order valence-electron chi connectivity index (χ0n) is 10.7. The maximum absolute atomic E-state index is 13.2. The Morgan fingerprint density at radius 2 is 1.68 bits per heavy atom. The molecule has 1 aliphatic rings. The Bertz CT molecular complexity index is 458. The van der Waals surface area contributed by atoms with Crippen LogP contribution in [0.3, 0.4) is 0 Å². The molecule has 0 heterocycles. The van der Waals surface area contributed by atoms with Crippen molar-refractivity contribution < 1.29 is 23.4 Å². The smallest absolute Gasteiger partial charge is 0.314 e. The Hall–Kier alpha value is -1.65. The molecule has 1 saturated carbocycles. The van der Waals surface area contributed by atoms with Crippen molar-refractivity contribution in [2.24, 2.45) is 0 Å². The molecule has 0 saturated heterocycles. The first-order chi connectivity index (χ1) is 8.89. The van der Waals surface area contributed by atoms with Crippen molar-refractivity contribution in [3.8, 4) is 5.75 Å². The molecule has 1 fully saturated rings. The molecule has 0 unspecified atom stereocenters. The Balaban J connectivity index is 2.32. The topological polar surface area (TPSA) is 46.5 Å². The van der Waals surface area contributed by atoms with Gasteiger partial charge in [-0.1, -0.05) is 12.1 Å². The summed E-state index contributed by atoms with van der Waals surface area (Å²) in [4.78, 5) is 11.6. The Morgan fingerprint density at radius 3 is 2.11 bits per heavy atom. The summed E-state index contributed by atoms with van der Waals surface area (Å²) in [6.07, 6.45) is -0.847. The summed E-state index contributed by atoms with van der Waals surface area (Å²) >= 11 is 0. The lowest BCUT2D eigenvalue weighted by Crippen LogP contribution is -2.42. The summed E-state index contributed by atoms with van der Waals surface area (Å²) in [6.45, 7) is 0. The van der Waals surface area contributed by atoms with Crippen molar-refractivity contribution in [2.45, 2.75) is 37.0 Å². The molecule has 3 nitrogen and oxygen atoms in total. The van der Waals surface area contributed by atoms with Crippen LogP contribution in [0.15, 0.2) is 24.3 Å². The molecule has 1 N–H and O–H groups in total. The summed E-state index contributed by atoms with van der Waals surface area (Å²) in [6, 6.07) is 6.62. The summed E-state index contributed by atoms with van der Waals surface area (Å²) in [5.41, 5.74) is -0.634. The Labute approximate surface area is 110 Å². The Kier molecular flexibility index (Phi) is 3.47. The standard InChI is InChI=1S/C14H16F2O3/c1-19-11-4-2-10(3-5-11)13(12(17)18)6-8-14(15,16)9-7-13/h2-5H,6-9H2,1H3,(H,17,18). The van der Waals surface area contributed by atoms with Gasteiger partial charge in [0.2, 0.25) is 5.92 Å². The van der Waals surface area contributed by atoms with E-state index in [4.69, 9.17) is 4.74 Å². The van der Waals surface area contributed by atoms with Crippen LogP contribution in [-0.4, -0.2) is 24.1 Å². The van der Waals surface area contributed by atoms with E-state index in [1.165, 1.54) is 7.11 Å². The molecule has 5 heteroatoms. The predicted molar refractivity (Wildman–Crippen MR) is 65.7 cm³/mol. The molecule has 1 aromatic rings. The molecule has 0 bridgehead atoms. The highest BCUT2D eigenvalue weighted by Gasteiger charge is 2.48. The van der Waals surface area contributed by atoms with Crippen molar-refractivity contribution in [3.05, 3.63) is 29.8 Å². The molecular weight excluding hydrogens is 254 g/mol. The molecule has 0 radical (unpaired) electrons. The molecule has 2 rings (SSSR count). The number of carboxylic acid groups (broad SMARTS) is 1. The van der Waals surface area contributed by atoms with Gasteiger partial charge in [0, 0.05) is 12.8 Å². The zero-order chi connectivity index (χ0) is 14.1. The molecule has 1 aromatic carbocycles. The number of benzene rings is 1. The number of carbonyl (C=O) groups is 1. The highest BCUT2D eigenvalue weighted by Crippen LogP contribution is 2.45. The molecule has 0 amide bonds. The van der Waals surface area contributed by atoms with Crippen molar-refractivity contribution in [2.75, 3.05) is 7.11 Å². The fourth-order valence-corrected chi connectivity index (χ4v) is 2.58. The van der Waals surface area contributed by atoms with Gasteiger partial charge in [-0.25, -0.2) is 8.78 Å². The normalized spacial score (nSPS) is 20.8. The third-order valence-corrected chi connectivity index (χ3v) is 3.89. The van der Waals surface area contributed by atoms with Gasteiger partial charge in [0.15, 0.2) is 0 Å². The summed E-state index contributed by atoms with van der Waals surface area (Å²) in [5, 5.41) is 9.46. The molecular formula is C14H16F2O3. The third-order valence-electron chi connectivity index (χ3n) is 3.89. The maximum atomic E-state index is 13.2. The van der Waals surface area contributed by atoms with Crippen LogP contribution in [0.4, 0.5) is 8.78 Å². The van der Waals surface area contributed by atoms with Gasteiger partial charge in [0.25, 0.3) is 0 Å². The van der Waals surface area contributed by atoms with Gasteiger partial charge in [-0.05, 0) is 30.5 Å². The minimum Gasteiger partial charge on any atom is -0.497 e. The van der Waals surface area contributed by atoms with Crippen LogP contribution in [0, 0.1) is 0 Å². The monoisotopic (exact) mass is 270 g/mol. The van der Waals surface area contributed by atoms with Gasteiger partial charge in [-0.15, -0.1) is 0 Å². The molecule has 0 aromatic heterocycles. The number of halogens is 2. The zero-order valence-corrected chi connectivity index (χ0v) is 10.7. The van der Waals surface area contributed by atoms with Gasteiger partial charge in [-0.2, -0.15) is 0 Å². The molecule has 0 aliphatic heterocycles. The van der Waals surface area contributed by atoms with E-state index >= 15 is 0 Å². The first-order valence-corrected chi connectivity index (χ1v) is 6.15. The number of hydrogen-bond acceptors (Lipinski definition) is 2. The van der Waals surface area contributed by atoms with E-state index in [9.17, 15) is 18.7 Å². The number of alkyl halides is 2. The molecule has 0 atom stereocenters. The second-order valence-corrected chi connectivity index (χ2v) is 4.97. The third kappa shape index (κ3) is 2.55. The van der Waals surface area contributed by atoms with E-state index in [1.807, 2.05) is 0 Å². The number of methoxy groups -OCH3 is 1. The summed E-state index contributed by atoms with van der Waals surface area (Å²) in [7, 11) is 1.52. The second kappa shape index (κ2) is 4.79. The van der Waals surface area contributed by atoms with E-state index in [2.05, 4.69) is 0 Å². The number of hydrogen-bond donors (Lipinski definition) is 1. The second-order valence-electron chi connectivity index (χ2n) is 4.97. The SMILES string of the molecule is COc1ccc(C2(C(=O)O)CCC(F)(F)CC2)cc1. The largest absolute Gasteiger partial charge is 0.497 e. The van der Waals surface area contributed by atoms with Crippen molar-refractivity contribution in [1.29, 1.82) is 0 Å². The highest BCUT2D eigenvalue weighted by atomic mass is 19.3. The van der Waals surface area contributed by atoms with Gasteiger partial charge in [-0.3, -0.25) is 4.79 Å². The van der Waals surface area contributed by atoms with E-state index in [-0.39, 0.29) is 25.7 Å². The number of carboxylic acids is 1.